The molecule has 0 heterocycles. The number of hydrogen-bond acceptors (Lipinski definition) is 0. The van der Waals surface area contributed by atoms with E-state index in [0.717, 1.165) is 17.8 Å². The van der Waals surface area contributed by atoms with E-state index in [1.165, 1.54) is 44.9 Å². The molecule has 0 aromatic heterocycles. The van der Waals surface area contributed by atoms with Crippen molar-refractivity contribution >= 4 is 0 Å². The topological polar surface area (TPSA) is 0 Å². The zero-order valence-corrected chi connectivity index (χ0v) is 11.0. The molecule has 0 heteroatoms. The lowest BCUT2D eigenvalue weighted by atomic mass is 9.65. The maximum absolute atomic E-state index is 2.40. The second-order valence-electron chi connectivity index (χ2n) is 6.07. The SMILES string of the molecule is CCC[C@@H]1CC[C@@H]2c3ccccc3CC[C@H]2C1. The first-order chi connectivity index (χ1) is 8.38. The minimum atomic E-state index is 0.896. The maximum atomic E-state index is 2.40. The van der Waals surface area contributed by atoms with E-state index in [1.807, 2.05) is 0 Å². The molecule has 1 aromatic carbocycles. The Balaban J connectivity index is 1.78. The molecule has 0 amide bonds. The van der Waals surface area contributed by atoms with Gasteiger partial charge in [-0.25, -0.2) is 0 Å². The summed E-state index contributed by atoms with van der Waals surface area (Å²) < 4.78 is 0. The van der Waals surface area contributed by atoms with Crippen LogP contribution in [-0.2, 0) is 6.42 Å². The highest BCUT2D eigenvalue weighted by Crippen LogP contribution is 2.47. The molecule has 2 aliphatic carbocycles. The van der Waals surface area contributed by atoms with Gasteiger partial charge in [0.2, 0.25) is 0 Å². The smallest absolute Gasteiger partial charge is 0.0131 e. The summed E-state index contributed by atoms with van der Waals surface area (Å²) in [6.07, 6.45) is 10.0. The predicted molar refractivity (Wildman–Crippen MR) is 73.2 cm³/mol. The van der Waals surface area contributed by atoms with E-state index < -0.39 is 0 Å². The van der Waals surface area contributed by atoms with Gasteiger partial charge in [-0.1, -0.05) is 44.0 Å². The van der Waals surface area contributed by atoms with Crippen LogP contribution in [0.4, 0.5) is 0 Å². The molecule has 1 saturated carbocycles. The Morgan fingerprint density at radius 2 is 2.00 bits per heavy atom. The van der Waals surface area contributed by atoms with Crippen LogP contribution in [0.5, 0.6) is 0 Å². The molecule has 1 fully saturated rings. The molecule has 3 rings (SSSR count). The molecule has 0 nitrogen and oxygen atoms in total. The average molecular weight is 228 g/mol. The number of rotatable bonds is 2. The van der Waals surface area contributed by atoms with E-state index in [4.69, 9.17) is 0 Å². The summed E-state index contributed by atoms with van der Waals surface area (Å²) in [5.74, 6) is 2.93. The van der Waals surface area contributed by atoms with Gasteiger partial charge in [0.05, 0.1) is 0 Å². The second-order valence-corrected chi connectivity index (χ2v) is 6.07. The summed E-state index contributed by atoms with van der Waals surface area (Å²) in [6.45, 7) is 2.34. The van der Waals surface area contributed by atoms with Gasteiger partial charge >= 0.3 is 0 Å². The quantitative estimate of drug-likeness (QED) is 0.673. The van der Waals surface area contributed by atoms with Gasteiger partial charge in [-0.15, -0.1) is 0 Å². The third kappa shape index (κ3) is 2.14. The Morgan fingerprint density at radius 1 is 1.12 bits per heavy atom. The molecule has 0 bridgehead atoms. The van der Waals surface area contributed by atoms with E-state index in [9.17, 15) is 0 Å². The summed E-state index contributed by atoms with van der Waals surface area (Å²) in [4.78, 5) is 0. The highest BCUT2D eigenvalue weighted by molar-refractivity contribution is 5.33. The standard InChI is InChI=1S/C17H24/c1-2-5-13-8-11-17-15(12-13)10-9-14-6-3-4-7-16(14)17/h3-4,6-7,13,15,17H,2,5,8-12H2,1H3/t13-,15+,17+/m1/s1. The Bertz CT molecular complexity index is 379. The van der Waals surface area contributed by atoms with Gasteiger partial charge in [-0.2, -0.15) is 0 Å². The molecule has 0 unspecified atom stereocenters. The molecule has 92 valence electrons. The molecule has 0 spiro atoms. The minimum absolute atomic E-state index is 0.896. The molecule has 2 aliphatic rings. The first kappa shape index (κ1) is 11.3. The van der Waals surface area contributed by atoms with Crippen LogP contribution in [0.3, 0.4) is 0 Å². The van der Waals surface area contributed by atoms with E-state index in [1.54, 1.807) is 11.1 Å². The Kier molecular flexibility index (Phi) is 3.22. The van der Waals surface area contributed by atoms with Gasteiger partial charge in [0.15, 0.2) is 0 Å². The van der Waals surface area contributed by atoms with Crippen molar-refractivity contribution in [1.82, 2.24) is 0 Å². The largest absolute Gasteiger partial charge is 0.0654 e. The second kappa shape index (κ2) is 4.84. The van der Waals surface area contributed by atoms with Crippen molar-refractivity contribution in [1.29, 1.82) is 0 Å². The van der Waals surface area contributed by atoms with Crippen molar-refractivity contribution in [3.63, 3.8) is 0 Å². The number of fused-ring (bicyclic) bond motifs is 3. The van der Waals surface area contributed by atoms with Crippen LogP contribution in [0.1, 0.15) is 62.5 Å². The fourth-order valence-corrected chi connectivity index (χ4v) is 4.22. The molecular weight excluding hydrogens is 204 g/mol. The van der Waals surface area contributed by atoms with Crippen molar-refractivity contribution in [3.05, 3.63) is 35.4 Å². The molecule has 0 aliphatic heterocycles. The van der Waals surface area contributed by atoms with Crippen molar-refractivity contribution in [2.75, 3.05) is 0 Å². The first-order valence-corrected chi connectivity index (χ1v) is 7.46. The zero-order valence-electron chi connectivity index (χ0n) is 11.0. The zero-order chi connectivity index (χ0) is 11.7. The molecule has 1 aromatic rings. The summed E-state index contributed by atoms with van der Waals surface area (Å²) in [5, 5.41) is 0. The Labute approximate surface area is 105 Å². The maximum Gasteiger partial charge on any atom is -0.0131 e. The van der Waals surface area contributed by atoms with E-state index >= 15 is 0 Å². The lowest BCUT2D eigenvalue weighted by molar-refractivity contribution is 0.201. The summed E-state index contributed by atoms with van der Waals surface area (Å²) >= 11 is 0. The minimum Gasteiger partial charge on any atom is -0.0654 e. The summed E-state index contributed by atoms with van der Waals surface area (Å²) in [7, 11) is 0. The fraction of sp³-hybridized carbons (Fsp3) is 0.647. The molecule has 0 N–H and O–H groups in total. The predicted octanol–water partition coefficient (Wildman–Crippen LogP) is 4.93. The van der Waals surface area contributed by atoms with Gasteiger partial charge in [0.25, 0.3) is 0 Å². The van der Waals surface area contributed by atoms with Crippen molar-refractivity contribution < 1.29 is 0 Å². The highest BCUT2D eigenvalue weighted by atomic mass is 14.4. The summed E-state index contributed by atoms with van der Waals surface area (Å²) in [5.41, 5.74) is 3.33. The monoisotopic (exact) mass is 228 g/mol. The molecule has 3 atom stereocenters. The number of benzene rings is 1. The number of aryl methyl sites for hydroxylation is 1. The summed E-state index contributed by atoms with van der Waals surface area (Å²) in [6, 6.07) is 9.19. The van der Waals surface area contributed by atoms with Crippen LogP contribution in [-0.4, -0.2) is 0 Å². The van der Waals surface area contributed by atoms with Crippen molar-refractivity contribution in [2.45, 2.75) is 57.8 Å². The Morgan fingerprint density at radius 3 is 2.88 bits per heavy atom. The highest BCUT2D eigenvalue weighted by Gasteiger charge is 2.34. The average Bonchev–Trinajstić information content (AvgIpc) is 2.39. The Hall–Kier alpha value is -0.780. The van der Waals surface area contributed by atoms with Crippen molar-refractivity contribution in [3.8, 4) is 0 Å². The van der Waals surface area contributed by atoms with Crippen molar-refractivity contribution in [2.24, 2.45) is 11.8 Å². The van der Waals surface area contributed by atoms with Gasteiger partial charge in [0, 0.05) is 0 Å². The van der Waals surface area contributed by atoms with E-state index in [2.05, 4.69) is 31.2 Å². The van der Waals surface area contributed by atoms with Gasteiger partial charge in [-0.05, 0) is 61.0 Å². The molecule has 0 saturated heterocycles. The first-order valence-electron chi connectivity index (χ1n) is 7.46. The normalized spacial score (nSPS) is 31.7. The lowest BCUT2D eigenvalue weighted by Gasteiger charge is -2.40. The molecular formula is C17H24. The van der Waals surface area contributed by atoms with Crippen LogP contribution >= 0.6 is 0 Å². The van der Waals surface area contributed by atoms with Crippen LogP contribution in [0.2, 0.25) is 0 Å². The van der Waals surface area contributed by atoms with Crippen LogP contribution in [0, 0.1) is 11.8 Å². The van der Waals surface area contributed by atoms with E-state index in [-0.39, 0.29) is 0 Å². The lowest BCUT2D eigenvalue weighted by Crippen LogP contribution is -2.28. The molecule has 17 heavy (non-hydrogen) atoms. The van der Waals surface area contributed by atoms with Crippen LogP contribution in [0.15, 0.2) is 24.3 Å². The van der Waals surface area contributed by atoms with Gasteiger partial charge in [-0.3, -0.25) is 0 Å². The van der Waals surface area contributed by atoms with Crippen LogP contribution in [0.25, 0.3) is 0 Å². The number of hydrogen-bond donors (Lipinski definition) is 0. The third-order valence-electron chi connectivity index (χ3n) is 5.03. The van der Waals surface area contributed by atoms with Crippen LogP contribution < -0.4 is 0 Å². The van der Waals surface area contributed by atoms with E-state index in [0.29, 0.717) is 0 Å². The third-order valence-corrected chi connectivity index (χ3v) is 5.03. The van der Waals surface area contributed by atoms with Gasteiger partial charge in [0.1, 0.15) is 0 Å². The molecule has 0 radical (unpaired) electrons. The fourth-order valence-electron chi connectivity index (χ4n) is 4.22. The van der Waals surface area contributed by atoms with Gasteiger partial charge < -0.3 is 0 Å².